The van der Waals surface area contributed by atoms with Crippen molar-refractivity contribution in [3.8, 4) is 0 Å². The monoisotopic (exact) mass is 359 g/mol. The number of amides is 2. The number of fused-ring (bicyclic) bond motifs is 1. The first-order valence-corrected chi connectivity index (χ1v) is 9.16. The van der Waals surface area contributed by atoms with Crippen LogP contribution in [0.1, 0.15) is 18.7 Å². The topological polar surface area (TPSA) is 88.4 Å². The molecule has 2 amide bonds. The van der Waals surface area contributed by atoms with Gasteiger partial charge in [-0.2, -0.15) is 5.10 Å². The Balaban J connectivity index is 1.39. The highest BCUT2D eigenvalue weighted by molar-refractivity contribution is 5.86. The van der Waals surface area contributed by atoms with Crippen molar-refractivity contribution in [3.63, 3.8) is 0 Å². The van der Waals surface area contributed by atoms with Crippen molar-refractivity contribution in [1.29, 1.82) is 0 Å². The average molecular weight is 359 g/mol. The first kappa shape index (κ1) is 17.0. The van der Waals surface area contributed by atoms with Gasteiger partial charge in [-0.1, -0.05) is 0 Å². The molecule has 4 heterocycles. The van der Waals surface area contributed by atoms with Crippen LogP contribution in [0.5, 0.6) is 0 Å². The fraction of sp³-hybridized carbons (Fsp3) is 0.647. The molecule has 0 aromatic carbocycles. The summed E-state index contributed by atoms with van der Waals surface area (Å²) >= 11 is 0. The number of hydrogen-bond acceptors (Lipinski definition) is 6. The second-order valence-corrected chi connectivity index (χ2v) is 6.91. The lowest BCUT2D eigenvalue weighted by Crippen LogP contribution is -2.51. The highest BCUT2D eigenvalue weighted by Gasteiger charge is 2.27. The normalized spacial score (nSPS) is 19.2. The second-order valence-electron chi connectivity index (χ2n) is 6.91. The molecule has 0 saturated carbocycles. The van der Waals surface area contributed by atoms with E-state index in [0.29, 0.717) is 32.3 Å². The van der Waals surface area contributed by atoms with Crippen molar-refractivity contribution in [2.45, 2.75) is 25.8 Å². The number of likely N-dealkylation sites (tertiary alicyclic amines) is 1. The minimum absolute atomic E-state index is 0.138. The summed E-state index contributed by atoms with van der Waals surface area (Å²) in [4.78, 5) is 25.4. The highest BCUT2D eigenvalue weighted by atomic mass is 16.5. The summed E-state index contributed by atoms with van der Waals surface area (Å²) in [6, 6.07) is 0.431. The summed E-state index contributed by atoms with van der Waals surface area (Å²) in [5.74, 6) is 1.56. The number of carbonyl (C=O) groups is 1. The predicted molar refractivity (Wildman–Crippen MR) is 97.0 cm³/mol. The number of morpholine rings is 1. The van der Waals surface area contributed by atoms with Crippen LogP contribution in [0.25, 0.3) is 11.0 Å². The maximum absolute atomic E-state index is 12.6. The van der Waals surface area contributed by atoms with E-state index in [9.17, 15) is 4.79 Å². The number of aromatic nitrogens is 4. The summed E-state index contributed by atoms with van der Waals surface area (Å²) in [6.45, 7) is 6.06. The van der Waals surface area contributed by atoms with Crippen molar-refractivity contribution in [2.24, 2.45) is 7.05 Å². The van der Waals surface area contributed by atoms with E-state index in [2.05, 4.69) is 20.4 Å². The molecule has 0 atom stereocenters. The van der Waals surface area contributed by atoms with Gasteiger partial charge in [0.05, 0.1) is 24.8 Å². The van der Waals surface area contributed by atoms with Gasteiger partial charge in [-0.15, -0.1) is 0 Å². The minimum Gasteiger partial charge on any atom is -0.378 e. The predicted octanol–water partition coefficient (Wildman–Crippen LogP) is 1.00. The van der Waals surface area contributed by atoms with Crippen LogP contribution in [0.3, 0.4) is 0 Å². The summed E-state index contributed by atoms with van der Waals surface area (Å²) in [5.41, 5.74) is 0.833. The number of nitrogens with one attached hydrogen (secondary N) is 1. The number of carbonyl (C=O) groups excluding carboxylic acids is 1. The van der Waals surface area contributed by atoms with Crippen LogP contribution in [0, 0.1) is 6.92 Å². The molecule has 2 saturated heterocycles. The number of anilines is 1. The van der Waals surface area contributed by atoms with Crippen LogP contribution in [0.4, 0.5) is 10.6 Å². The molecule has 2 aliphatic heterocycles. The molecule has 2 fully saturated rings. The Morgan fingerprint density at radius 2 is 1.85 bits per heavy atom. The van der Waals surface area contributed by atoms with Gasteiger partial charge in [-0.05, 0) is 19.8 Å². The van der Waals surface area contributed by atoms with Gasteiger partial charge in [0.25, 0.3) is 0 Å². The molecule has 1 N–H and O–H groups in total. The van der Waals surface area contributed by atoms with Gasteiger partial charge < -0.3 is 19.9 Å². The molecule has 0 radical (unpaired) electrons. The summed E-state index contributed by atoms with van der Waals surface area (Å²) < 4.78 is 7.09. The van der Waals surface area contributed by atoms with Gasteiger partial charge in [0.1, 0.15) is 11.6 Å². The summed E-state index contributed by atoms with van der Waals surface area (Å²) in [5, 5.41) is 8.76. The quantitative estimate of drug-likeness (QED) is 0.861. The fourth-order valence-electron chi connectivity index (χ4n) is 3.60. The standard InChI is InChI=1S/C17H25N7O2/c1-12-19-15(14-11-18-22(2)16(14)20-12)21-13-3-5-23(6-4-13)17(25)24-7-9-26-10-8-24/h11,13H,3-10H2,1-2H3,(H,19,20,21). The number of hydrogen-bond donors (Lipinski definition) is 1. The summed E-state index contributed by atoms with van der Waals surface area (Å²) in [7, 11) is 1.88. The highest BCUT2D eigenvalue weighted by Crippen LogP contribution is 2.23. The second kappa shape index (κ2) is 7.06. The van der Waals surface area contributed by atoms with Crippen LogP contribution < -0.4 is 5.32 Å². The molecule has 0 unspecified atom stereocenters. The first-order valence-electron chi connectivity index (χ1n) is 9.16. The summed E-state index contributed by atoms with van der Waals surface area (Å²) in [6.07, 6.45) is 3.61. The lowest BCUT2D eigenvalue weighted by Gasteiger charge is -2.37. The molecule has 2 aromatic heterocycles. The zero-order chi connectivity index (χ0) is 18.1. The Bertz CT molecular complexity index is 792. The van der Waals surface area contributed by atoms with Crippen LogP contribution in [0.2, 0.25) is 0 Å². The first-order chi connectivity index (χ1) is 12.6. The number of urea groups is 1. The Morgan fingerprint density at radius 3 is 2.58 bits per heavy atom. The lowest BCUT2D eigenvalue weighted by atomic mass is 10.1. The van der Waals surface area contributed by atoms with Gasteiger partial charge in [0, 0.05) is 39.3 Å². The molecule has 2 aromatic rings. The zero-order valence-electron chi connectivity index (χ0n) is 15.3. The molecule has 9 nitrogen and oxygen atoms in total. The number of ether oxygens (including phenoxy) is 1. The van der Waals surface area contributed by atoms with Gasteiger partial charge >= 0.3 is 6.03 Å². The SMILES string of the molecule is Cc1nc(NC2CCN(C(=O)N3CCOCC3)CC2)c2cnn(C)c2n1. The number of aryl methyl sites for hydroxylation is 2. The minimum atomic E-state index is 0.138. The third-order valence-electron chi connectivity index (χ3n) is 5.09. The van der Waals surface area contributed by atoms with Gasteiger partial charge in [-0.3, -0.25) is 4.68 Å². The van der Waals surface area contributed by atoms with E-state index in [1.807, 2.05) is 23.8 Å². The van der Waals surface area contributed by atoms with Gasteiger partial charge in [0.2, 0.25) is 0 Å². The molecule has 2 aliphatic rings. The van der Waals surface area contributed by atoms with Crippen molar-refractivity contribution in [2.75, 3.05) is 44.7 Å². The van der Waals surface area contributed by atoms with E-state index in [4.69, 9.17) is 4.74 Å². The number of nitrogens with zero attached hydrogens (tertiary/aromatic N) is 6. The Kier molecular flexibility index (Phi) is 4.62. The number of piperidine rings is 1. The molecule has 0 aliphatic carbocycles. The maximum atomic E-state index is 12.6. The van der Waals surface area contributed by atoms with Crippen LogP contribution >= 0.6 is 0 Å². The molecule has 4 rings (SSSR count). The molecular weight excluding hydrogens is 334 g/mol. The smallest absolute Gasteiger partial charge is 0.320 e. The molecule has 140 valence electrons. The Labute approximate surface area is 152 Å². The Hall–Kier alpha value is -2.42. The number of rotatable bonds is 2. The average Bonchev–Trinajstić information content (AvgIpc) is 3.03. The largest absolute Gasteiger partial charge is 0.378 e. The molecular formula is C17H25N7O2. The third-order valence-corrected chi connectivity index (χ3v) is 5.09. The maximum Gasteiger partial charge on any atom is 0.320 e. The van der Waals surface area contributed by atoms with E-state index in [-0.39, 0.29) is 6.03 Å². The molecule has 26 heavy (non-hydrogen) atoms. The molecule has 9 heteroatoms. The van der Waals surface area contributed by atoms with Crippen LogP contribution in [0.15, 0.2) is 6.20 Å². The van der Waals surface area contributed by atoms with E-state index in [1.165, 1.54) is 0 Å². The zero-order valence-corrected chi connectivity index (χ0v) is 15.3. The van der Waals surface area contributed by atoms with Crippen molar-refractivity contribution >= 4 is 22.9 Å². The molecule has 0 spiro atoms. The van der Waals surface area contributed by atoms with Crippen molar-refractivity contribution < 1.29 is 9.53 Å². The van der Waals surface area contributed by atoms with Crippen LogP contribution in [-0.2, 0) is 11.8 Å². The van der Waals surface area contributed by atoms with Gasteiger partial charge in [0.15, 0.2) is 5.65 Å². The van der Waals surface area contributed by atoms with E-state index in [0.717, 1.165) is 48.6 Å². The third kappa shape index (κ3) is 3.31. The van der Waals surface area contributed by atoms with E-state index in [1.54, 1.807) is 10.9 Å². The fourth-order valence-corrected chi connectivity index (χ4v) is 3.60. The van der Waals surface area contributed by atoms with Gasteiger partial charge in [-0.25, -0.2) is 14.8 Å². The lowest BCUT2D eigenvalue weighted by molar-refractivity contribution is 0.0414. The van der Waals surface area contributed by atoms with E-state index >= 15 is 0 Å². The van der Waals surface area contributed by atoms with Crippen molar-refractivity contribution in [3.05, 3.63) is 12.0 Å². The van der Waals surface area contributed by atoms with Crippen LogP contribution in [-0.4, -0.2) is 81.0 Å². The molecule has 0 bridgehead atoms. The van der Waals surface area contributed by atoms with E-state index < -0.39 is 0 Å². The Morgan fingerprint density at radius 1 is 1.15 bits per heavy atom. The van der Waals surface area contributed by atoms with Crippen molar-refractivity contribution in [1.82, 2.24) is 29.5 Å².